The summed E-state index contributed by atoms with van der Waals surface area (Å²) in [5.41, 5.74) is 0. The van der Waals surface area contributed by atoms with E-state index in [-0.39, 0.29) is 19.3 Å². The number of carbonyl (C=O) groups excluding carboxylic acids is 1. The summed E-state index contributed by atoms with van der Waals surface area (Å²) in [5.74, 6) is 2.63. The number of hydrogen-bond donors (Lipinski definition) is 0. The third-order valence-electron chi connectivity index (χ3n) is 4.15. The molecule has 30 heavy (non-hydrogen) atoms. The summed E-state index contributed by atoms with van der Waals surface area (Å²) in [6.07, 6.45) is -1.12. The average Bonchev–Trinajstić information content (AvgIpc) is 2.77. The molecule has 0 aliphatic heterocycles. The fraction of sp³-hybridized carbons (Fsp3) is 0.348. The quantitative estimate of drug-likeness (QED) is 0.294. The Morgan fingerprint density at radius 2 is 1.13 bits per heavy atom. The van der Waals surface area contributed by atoms with Crippen LogP contribution in [0.5, 0.6) is 23.0 Å². The predicted molar refractivity (Wildman–Crippen MR) is 112 cm³/mol. The molecule has 0 spiro atoms. The van der Waals surface area contributed by atoms with E-state index in [0.29, 0.717) is 23.0 Å². The van der Waals surface area contributed by atoms with Gasteiger partial charge >= 0.3 is 5.97 Å². The van der Waals surface area contributed by atoms with E-state index in [2.05, 4.69) is 6.58 Å². The van der Waals surface area contributed by atoms with Crippen LogP contribution in [-0.4, -0.2) is 45.6 Å². The van der Waals surface area contributed by atoms with Crippen molar-refractivity contribution in [1.82, 2.24) is 0 Å². The van der Waals surface area contributed by atoms with Crippen LogP contribution >= 0.6 is 0 Å². The zero-order valence-electron chi connectivity index (χ0n) is 17.8. The van der Waals surface area contributed by atoms with Crippen molar-refractivity contribution in [2.75, 3.05) is 27.4 Å². The van der Waals surface area contributed by atoms with Crippen molar-refractivity contribution in [1.29, 1.82) is 0 Å². The van der Waals surface area contributed by atoms with Gasteiger partial charge < -0.3 is 28.4 Å². The van der Waals surface area contributed by atoms with E-state index in [9.17, 15) is 4.79 Å². The lowest BCUT2D eigenvalue weighted by Crippen LogP contribution is -2.27. The van der Waals surface area contributed by atoms with Crippen LogP contribution in [0.2, 0.25) is 0 Å². The number of hydrogen-bond acceptors (Lipinski definition) is 7. The molecule has 2 atom stereocenters. The van der Waals surface area contributed by atoms with Gasteiger partial charge in [0.1, 0.15) is 42.0 Å². The Hall–Kier alpha value is -3.35. The molecule has 0 saturated carbocycles. The second-order valence-corrected chi connectivity index (χ2v) is 6.35. The second-order valence-electron chi connectivity index (χ2n) is 6.35. The molecule has 0 aliphatic carbocycles. The van der Waals surface area contributed by atoms with Gasteiger partial charge in [0.2, 0.25) is 0 Å². The van der Waals surface area contributed by atoms with Gasteiger partial charge in [-0.05, 0) is 62.4 Å². The first-order valence-electron chi connectivity index (χ1n) is 9.52. The highest BCUT2D eigenvalue weighted by atomic mass is 16.6. The standard InChI is InChI=1S/C23H28O7/c1-16(17(2)29-21-10-6-19(25-4)7-11-21)27-14-15-28-23(24)18(3)30-22-12-8-20(26-5)9-13-22/h6-13,17-18H,1,14-15H2,2-5H3. The number of rotatable bonds is 12. The van der Waals surface area contributed by atoms with E-state index in [1.807, 2.05) is 6.92 Å². The summed E-state index contributed by atoms with van der Waals surface area (Å²) in [5, 5.41) is 0. The normalized spacial score (nSPS) is 12.3. The smallest absolute Gasteiger partial charge is 0.347 e. The van der Waals surface area contributed by atoms with Gasteiger partial charge in [-0.2, -0.15) is 0 Å². The number of carbonyl (C=O) groups is 1. The molecule has 7 nitrogen and oxygen atoms in total. The van der Waals surface area contributed by atoms with Crippen LogP contribution in [0, 0.1) is 0 Å². The first kappa shape index (κ1) is 22.9. The van der Waals surface area contributed by atoms with E-state index in [1.54, 1.807) is 69.7 Å². The van der Waals surface area contributed by atoms with Gasteiger partial charge in [0.15, 0.2) is 12.2 Å². The van der Waals surface area contributed by atoms with Crippen LogP contribution in [0.25, 0.3) is 0 Å². The molecule has 162 valence electrons. The SMILES string of the molecule is C=C(OCCOC(=O)C(C)Oc1ccc(OC)cc1)C(C)Oc1ccc(OC)cc1. The van der Waals surface area contributed by atoms with E-state index in [1.165, 1.54) is 0 Å². The fourth-order valence-electron chi connectivity index (χ4n) is 2.38. The molecular formula is C23H28O7. The molecule has 0 heterocycles. The first-order valence-corrected chi connectivity index (χ1v) is 9.52. The van der Waals surface area contributed by atoms with Crippen LogP contribution in [0.4, 0.5) is 0 Å². The Labute approximate surface area is 177 Å². The molecule has 0 aliphatic rings. The molecule has 0 saturated heterocycles. The fourth-order valence-corrected chi connectivity index (χ4v) is 2.38. The molecule has 2 aromatic rings. The Balaban J connectivity index is 1.67. The van der Waals surface area contributed by atoms with Crippen LogP contribution in [-0.2, 0) is 14.3 Å². The Morgan fingerprint density at radius 3 is 1.60 bits per heavy atom. The molecule has 7 heteroatoms. The highest BCUT2D eigenvalue weighted by Gasteiger charge is 2.17. The maximum atomic E-state index is 12.1. The Bertz CT molecular complexity index is 730. The summed E-state index contributed by atoms with van der Waals surface area (Å²) >= 11 is 0. The summed E-state index contributed by atoms with van der Waals surface area (Å²) in [6.45, 7) is 7.54. The van der Waals surface area contributed by atoms with E-state index >= 15 is 0 Å². The van der Waals surface area contributed by atoms with Crippen molar-refractivity contribution in [2.24, 2.45) is 0 Å². The van der Waals surface area contributed by atoms with E-state index < -0.39 is 12.1 Å². The topological polar surface area (TPSA) is 72.5 Å². The monoisotopic (exact) mass is 416 g/mol. The minimum atomic E-state index is -0.751. The highest BCUT2D eigenvalue weighted by molar-refractivity contribution is 5.74. The van der Waals surface area contributed by atoms with Crippen molar-refractivity contribution in [2.45, 2.75) is 26.1 Å². The number of methoxy groups -OCH3 is 2. The first-order chi connectivity index (χ1) is 14.4. The van der Waals surface area contributed by atoms with Gasteiger partial charge in [-0.3, -0.25) is 0 Å². The molecule has 0 aromatic heterocycles. The summed E-state index contributed by atoms with van der Waals surface area (Å²) in [4.78, 5) is 12.1. The Kier molecular flexibility index (Phi) is 8.87. The molecule has 0 amide bonds. The number of benzene rings is 2. The van der Waals surface area contributed by atoms with Crippen molar-refractivity contribution < 1.29 is 33.2 Å². The molecular weight excluding hydrogens is 388 g/mol. The maximum Gasteiger partial charge on any atom is 0.347 e. The van der Waals surface area contributed by atoms with Gasteiger partial charge in [0.25, 0.3) is 0 Å². The van der Waals surface area contributed by atoms with Crippen LogP contribution < -0.4 is 18.9 Å². The van der Waals surface area contributed by atoms with Gasteiger partial charge in [0.05, 0.1) is 14.2 Å². The zero-order valence-corrected chi connectivity index (χ0v) is 17.8. The molecule has 2 aromatic carbocycles. The summed E-state index contributed by atoms with van der Waals surface area (Å²) in [6, 6.07) is 14.2. The van der Waals surface area contributed by atoms with Crippen molar-refractivity contribution in [3.8, 4) is 23.0 Å². The summed E-state index contributed by atoms with van der Waals surface area (Å²) in [7, 11) is 3.19. The molecule has 2 unspecified atom stereocenters. The lowest BCUT2D eigenvalue weighted by molar-refractivity contribution is -0.152. The number of ether oxygens (including phenoxy) is 6. The molecule has 0 radical (unpaired) electrons. The lowest BCUT2D eigenvalue weighted by atomic mass is 10.3. The van der Waals surface area contributed by atoms with Gasteiger partial charge in [-0.1, -0.05) is 6.58 Å². The average molecular weight is 416 g/mol. The molecule has 0 bridgehead atoms. The minimum Gasteiger partial charge on any atom is -0.497 e. The van der Waals surface area contributed by atoms with Crippen molar-refractivity contribution in [3.05, 3.63) is 60.9 Å². The van der Waals surface area contributed by atoms with Crippen molar-refractivity contribution >= 4 is 5.97 Å². The molecule has 0 N–H and O–H groups in total. The predicted octanol–water partition coefficient (Wildman–Crippen LogP) is 4.01. The van der Waals surface area contributed by atoms with Gasteiger partial charge in [-0.15, -0.1) is 0 Å². The third kappa shape index (κ3) is 7.24. The van der Waals surface area contributed by atoms with Gasteiger partial charge in [-0.25, -0.2) is 4.79 Å². The minimum absolute atomic E-state index is 0.0728. The zero-order chi connectivity index (χ0) is 21.9. The van der Waals surface area contributed by atoms with E-state index in [4.69, 9.17) is 28.4 Å². The molecule has 0 fully saturated rings. The van der Waals surface area contributed by atoms with Crippen LogP contribution in [0.15, 0.2) is 60.9 Å². The Morgan fingerprint density at radius 1 is 0.733 bits per heavy atom. The third-order valence-corrected chi connectivity index (χ3v) is 4.15. The van der Waals surface area contributed by atoms with Crippen LogP contribution in [0.1, 0.15) is 13.8 Å². The summed E-state index contributed by atoms with van der Waals surface area (Å²) < 4.78 is 32.2. The largest absolute Gasteiger partial charge is 0.497 e. The second kappa shape index (κ2) is 11.6. The number of esters is 1. The van der Waals surface area contributed by atoms with Crippen molar-refractivity contribution in [3.63, 3.8) is 0 Å². The lowest BCUT2D eigenvalue weighted by Gasteiger charge is -2.18. The van der Waals surface area contributed by atoms with Gasteiger partial charge in [0, 0.05) is 0 Å². The molecule has 2 rings (SSSR count). The van der Waals surface area contributed by atoms with Crippen LogP contribution in [0.3, 0.4) is 0 Å². The maximum absolute atomic E-state index is 12.1. The highest BCUT2D eigenvalue weighted by Crippen LogP contribution is 2.20. The van der Waals surface area contributed by atoms with E-state index in [0.717, 1.165) is 5.75 Å².